The van der Waals surface area contributed by atoms with Crippen LogP contribution in [0.2, 0.25) is 0 Å². The number of hydrogen-bond acceptors (Lipinski definition) is 4. The van der Waals surface area contributed by atoms with Crippen molar-refractivity contribution in [3.63, 3.8) is 0 Å². The van der Waals surface area contributed by atoms with Crippen molar-refractivity contribution in [3.05, 3.63) is 69.7 Å². The van der Waals surface area contributed by atoms with E-state index in [1.165, 1.54) is 5.56 Å². The van der Waals surface area contributed by atoms with E-state index < -0.39 is 21.5 Å². The number of aryl methyl sites for hydroxylation is 1. The summed E-state index contributed by atoms with van der Waals surface area (Å²) in [5.74, 6) is -1.16. The molecule has 0 fully saturated rings. The van der Waals surface area contributed by atoms with Gasteiger partial charge < -0.3 is 10.2 Å². The zero-order chi connectivity index (χ0) is 20.7. The third-order valence-electron chi connectivity index (χ3n) is 4.52. The lowest BCUT2D eigenvalue weighted by Gasteiger charge is -2.25. The number of nitrogens with one attached hydrogen (secondary N) is 1. The molecule has 2 aromatic rings. The maximum absolute atomic E-state index is 12.4. The SMILES string of the molecule is CCc1ccc(C(CNC(=O)CS(=O)(=O)Cc2cccc(Br)c2)N(C)C)cc1. The Morgan fingerprint density at radius 3 is 2.36 bits per heavy atom. The molecule has 0 aliphatic rings. The number of halogens is 1. The minimum Gasteiger partial charge on any atom is -0.353 e. The Bertz CT molecular complexity index is 896. The first-order valence-electron chi connectivity index (χ1n) is 9.17. The fraction of sp³-hybridized carbons (Fsp3) is 0.381. The summed E-state index contributed by atoms with van der Waals surface area (Å²) >= 11 is 3.33. The molecule has 0 saturated heterocycles. The molecule has 1 unspecified atom stereocenters. The van der Waals surface area contributed by atoms with Gasteiger partial charge in [-0.3, -0.25) is 4.79 Å². The average molecular weight is 467 g/mol. The minimum absolute atomic E-state index is 0.0253. The Kier molecular flexibility index (Phi) is 8.22. The molecule has 0 spiro atoms. The van der Waals surface area contributed by atoms with Gasteiger partial charge in [0.1, 0.15) is 5.75 Å². The van der Waals surface area contributed by atoms with E-state index in [1.54, 1.807) is 18.2 Å². The molecule has 0 saturated carbocycles. The van der Waals surface area contributed by atoms with Gasteiger partial charge in [-0.2, -0.15) is 0 Å². The van der Waals surface area contributed by atoms with Gasteiger partial charge >= 0.3 is 0 Å². The first kappa shape index (κ1) is 22.6. The zero-order valence-corrected chi connectivity index (χ0v) is 18.9. The molecule has 152 valence electrons. The van der Waals surface area contributed by atoms with E-state index >= 15 is 0 Å². The van der Waals surface area contributed by atoms with Gasteiger partial charge in [0.2, 0.25) is 5.91 Å². The summed E-state index contributed by atoms with van der Waals surface area (Å²) in [4.78, 5) is 14.3. The summed E-state index contributed by atoms with van der Waals surface area (Å²) in [6.45, 7) is 2.46. The quantitative estimate of drug-likeness (QED) is 0.615. The lowest BCUT2D eigenvalue weighted by molar-refractivity contribution is -0.118. The molecule has 1 atom stereocenters. The maximum atomic E-state index is 12.4. The predicted octanol–water partition coefficient (Wildman–Crippen LogP) is 3.35. The van der Waals surface area contributed by atoms with Crippen molar-refractivity contribution in [1.82, 2.24) is 10.2 Å². The Labute approximate surface area is 176 Å². The third kappa shape index (κ3) is 7.04. The molecule has 5 nitrogen and oxygen atoms in total. The Morgan fingerprint density at radius 1 is 1.11 bits per heavy atom. The molecule has 0 aromatic heterocycles. The molecule has 0 aliphatic heterocycles. The second-order valence-corrected chi connectivity index (χ2v) is 10.0. The standard InChI is InChI=1S/C21H27BrN2O3S/c1-4-16-8-10-18(11-9-16)20(24(2)3)13-23-21(25)15-28(26,27)14-17-6-5-7-19(22)12-17/h5-12,20H,4,13-15H2,1-3H3,(H,23,25). The van der Waals surface area contributed by atoms with Crippen LogP contribution in [0.25, 0.3) is 0 Å². The van der Waals surface area contributed by atoms with Gasteiger partial charge in [-0.1, -0.05) is 59.3 Å². The van der Waals surface area contributed by atoms with Crippen LogP contribution in [-0.2, 0) is 26.8 Å². The Hall–Kier alpha value is -1.70. The van der Waals surface area contributed by atoms with E-state index in [1.807, 2.05) is 25.1 Å². The van der Waals surface area contributed by atoms with Crippen molar-refractivity contribution >= 4 is 31.7 Å². The van der Waals surface area contributed by atoms with E-state index in [0.717, 1.165) is 16.5 Å². The van der Waals surface area contributed by atoms with Crippen LogP contribution in [0.3, 0.4) is 0 Å². The molecule has 0 radical (unpaired) electrons. The van der Waals surface area contributed by atoms with E-state index in [2.05, 4.69) is 52.4 Å². The number of carbonyl (C=O) groups excluding carboxylic acids is 1. The molecule has 7 heteroatoms. The van der Waals surface area contributed by atoms with Crippen LogP contribution in [0.4, 0.5) is 0 Å². The van der Waals surface area contributed by atoms with Crippen LogP contribution >= 0.6 is 15.9 Å². The summed E-state index contributed by atoms with van der Waals surface area (Å²) < 4.78 is 25.5. The third-order valence-corrected chi connectivity index (χ3v) is 6.48. The van der Waals surface area contributed by atoms with Crippen LogP contribution in [-0.4, -0.2) is 45.6 Å². The van der Waals surface area contributed by atoms with Gasteiger partial charge in [0.25, 0.3) is 0 Å². The van der Waals surface area contributed by atoms with Crippen molar-refractivity contribution in [2.75, 3.05) is 26.4 Å². The lowest BCUT2D eigenvalue weighted by atomic mass is 10.0. The van der Waals surface area contributed by atoms with Gasteiger partial charge in [0, 0.05) is 11.0 Å². The highest BCUT2D eigenvalue weighted by molar-refractivity contribution is 9.10. The van der Waals surface area contributed by atoms with Crippen molar-refractivity contribution in [3.8, 4) is 0 Å². The van der Waals surface area contributed by atoms with Gasteiger partial charge in [0.15, 0.2) is 9.84 Å². The topological polar surface area (TPSA) is 66.5 Å². The number of rotatable bonds is 9. The number of amides is 1. The first-order valence-corrected chi connectivity index (χ1v) is 11.8. The summed E-state index contributed by atoms with van der Waals surface area (Å²) in [5.41, 5.74) is 2.99. The predicted molar refractivity (Wildman–Crippen MR) is 117 cm³/mol. The molecule has 0 aliphatic carbocycles. The van der Waals surface area contributed by atoms with Crippen LogP contribution < -0.4 is 5.32 Å². The summed E-state index contributed by atoms with van der Waals surface area (Å²) in [5, 5.41) is 2.78. The number of sulfone groups is 1. The molecular weight excluding hydrogens is 440 g/mol. The molecular formula is C21H27BrN2O3S. The van der Waals surface area contributed by atoms with Crippen molar-refractivity contribution in [2.45, 2.75) is 25.1 Å². The normalized spacial score (nSPS) is 12.8. The van der Waals surface area contributed by atoms with Gasteiger partial charge in [-0.05, 0) is 49.3 Å². The van der Waals surface area contributed by atoms with Crippen LogP contribution in [0.1, 0.15) is 29.7 Å². The molecule has 1 N–H and O–H groups in total. The number of benzene rings is 2. The second-order valence-electron chi connectivity index (χ2n) is 7.04. The Morgan fingerprint density at radius 2 is 1.79 bits per heavy atom. The summed E-state index contributed by atoms with van der Waals surface area (Å²) in [7, 11) is 0.339. The lowest BCUT2D eigenvalue weighted by Crippen LogP contribution is -2.37. The van der Waals surface area contributed by atoms with Gasteiger partial charge in [0.05, 0.1) is 11.8 Å². The monoisotopic (exact) mass is 466 g/mol. The molecule has 0 heterocycles. The number of hydrogen-bond donors (Lipinski definition) is 1. The highest BCUT2D eigenvalue weighted by Crippen LogP contribution is 2.18. The van der Waals surface area contributed by atoms with E-state index in [4.69, 9.17) is 0 Å². The van der Waals surface area contributed by atoms with Crippen LogP contribution in [0, 0.1) is 0 Å². The van der Waals surface area contributed by atoms with Gasteiger partial charge in [-0.15, -0.1) is 0 Å². The van der Waals surface area contributed by atoms with Crippen molar-refractivity contribution < 1.29 is 13.2 Å². The molecule has 2 rings (SSSR count). The second kappa shape index (κ2) is 10.2. The molecule has 28 heavy (non-hydrogen) atoms. The minimum atomic E-state index is -3.54. The molecule has 1 amide bonds. The first-order chi connectivity index (χ1) is 13.2. The maximum Gasteiger partial charge on any atom is 0.235 e. The van der Waals surface area contributed by atoms with E-state index in [0.29, 0.717) is 12.1 Å². The van der Waals surface area contributed by atoms with E-state index in [-0.39, 0.29) is 11.8 Å². The van der Waals surface area contributed by atoms with Gasteiger partial charge in [-0.25, -0.2) is 8.42 Å². The number of carbonyl (C=O) groups is 1. The summed E-state index contributed by atoms with van der Waals surface area (Å²) in [6, 6.07) is 15.3. The van der Waals surface area contributed by atoms with Crippen molar-refractivity contribution in [2.24, 2.45) is 0 Å². The smallest absolute Gasteiger partial charge is 0.235 e. The summed E-state index contributed by atoms with van der Waals surface area (Å²) in [6.07, 6.45) is 0.972. The number of nitrogens with zero attached hydrogens (tertiary/aromatic N) is 1. The van der Waals surface area contributed by atoms with Crippen molar-refractivity contribution in [1.29, 1.82) is 0 Å². The Balaban J connectivity index is 1.96. The fourth-order valence-corrected chi connectivity index (χ4v) is 4.70. The molecule has 2 aromatic carbocycles. The largest absolute Gasteiger partial charge is 0.353 e. The average Bonchev–Trinajstić information content (AvgIpc) is 2.61. The highest BCUT2D eigenvalue weighted by atomic mass is 79.9. The molecule has 0 bridgehead atoms. The highest BCUT2D eigenvalue weighted by Gasteiger charge is 2.20. The van der Waals surface area contributed by atoms with Crippen LogP contribution in [0.5, 0.6) is 0 Å². The fourth-order valence-electron chi connectivity index (χ4n) is 2.97. The van der Waals surface area contributed by atoms with Crippen LogP contribution in [0.15, 0.2) is 53.0 Å². The number of likely N-dealkylation sites (N-methyl/N-ethyl adjacent to an activating group) is 1. The zero-order valence-electron chi connectivity index (χ0n) is 16.5. The van der Waals surface area contributed by atoms with E-state index in [9.17, 15) is 13.2 Å².